The minimum atomic E-state index is -0.475. The molecule has 2 N–H and O–H groups in total. The van der Waals surface area contributed by atoms with Crippen molar-refractivity contribution in [3.8, 4) is 0 Å². The lowest BCUT2D eigenvalue weighted by Crippen LogP contribution is -2.36. The molecule has 0 saturated heterocycles. The van der Waals surface area contributed by atoms with Gasteiger partial charge in [0.15, 0.2) is 0 Å². The second-order valence-electron chi connectivity index (χ2n) is 4.62. The van der Waals surface area contributed by atoms with Crippen LogP contribution in [-0.4, -0.2) is 12.7 Å². The van der Waals surface area contributed by atoms with Crippen LogP contribution < -0.4 is 5.73 Å². The summed E-state index contributed by atoms with van der Waals surface area (Å²) in [5.74, 6) is 0.703. The van der Waals surface area contributed by atoms with Crippen LogP contribution in [0.4, 0.5) is 0 Å². The molecule has 0 radical (unpaired) electrons. The predicted molar refractivity (Wildman–Crippen MR) is 69.2 cm³/mol. The van der Waals surface area contributed by atoms with Crippen molar-refractivity contribution in [1.29, 1.82) is 0 Å². The maximum atomic E-state index is 6.13. The zero-order valence-electron chi connectivity index (χ0n) is 10.2. The van der Waals surface area contributed by atoms with Crippen molar-refractivity contribution < 1.29 is 9.15 Å². The summed E-state index contributed by atoms with van der Waals surface area (Å²) in [6.07, 6.45) is 0. The number of benzene rings is 1. The van der Waals surface area contributed by atoms with Gasteiger partial charge in [-0.3, -0.25) is 0 Å². The van der Waals surface area contributed by atoms with Crippen molar-refractivity contribution in [2.45, 2.75) is 25.5 Å². The number of hydrogen-bond donors (Lipinski definition) is 1. The average Bonchev–Trinajstić information content (AvgIpc) is 2.70. The normalized spacial score (nSPS) is 14.2. The molecule has 92 valence electrons. The van der Waals surface area contributed by atoms with Crippen LogP contribution in [0.25, 0.3) is 11.0 Å². The molecule has 0 fully saturated rings. The molecule has 0 aliphatic heterocycles. The maximum absolute atomic E-state index is 6.13. The fourth-order valence-electron chi connectivity index (χ4n) is 1.66. The van der Waals surface area contributed by atoms with E-state index in [4.69, 9.17) is 26.5 Å². The van der Waals surface area contributed by atoms with Crippen molar-refractivity contribution in [3.05, 3.63) is 35.0 Å². The quantitative estimate of drug-likeness (QED) is 0.911. The first-order chi connectivity index (χ1) is 7.94. The lowest BCUT2D eigenvalue weighted by atomic mass is 9.97. The first-order valence-corrected chi connectivity index (χ1v) is 5.81. The Hall–Kier alpha value is -1.03. The van der Waals surface area contributed by atoms with Crippen LogP contribution in [0, 0.1) is 0 Å². The molecule has 0 aliphatic carbocycles. The van der Waals surface area contributed by atoms with Crippen LogP contribution in [0.1, 0.15) is 25.6 Å². The SMILES string of the molecule is COC(C)(C)C(N)c1cc2cc(Cl)ccc2o1. The molecule has 17 heavy (non-hydrogen) atoms. The molecule has 1 atom stereocenters. The largest absolute Gasteiger partial charge is 0.459 e. The minimum Gasteiger partial charge on any atom is -0.459 e. The van der Waals surface area contributed by atoms with Gasteiger partial charge in [-0.05, 0) is 38.1 Å². The first kappa shape index (κ1) is 12.4. The van der Waals surface area contributed by atoms with Gasteiger partial charge in [0.25, 0.3) is 0 Å². The van der Waals surface area contributed by atoms with Crippen molar-refractivity contribution >= 4 is 22.6 Å². The Morgan fingerprint density at radius 3 is 2.71 bits per heavy atom. The fourth-order valence-corrected chi connectivity index (χ4v) is 1.84. The van der Waals surface area contributed by atoms with Gasteiger partial charge in [0.05, 0.1) is 11.6 Å². The van der Waals surface area contributed by atoms with Gasteiger partial charge in [0.1, 0.15) is 11.3 Å². The van der Waals surface area contributed by atoms with Gasteiger partial charge in [-0.1, -0.05) is 11.6 Å². The second-order valence-corrected chi connectivity index (χ2v) is 5.05. The number of nitrogens with two attached hydrogens (primary N) is 1. The maximum Gasteiger partial charge on any atom is 0.134 e. The highest BCUT2D eigenvalue weighted by Gasteiger charge is 2.30. The monoisotopic (exact) mass is 253 g/mol. The summed E-state index contributed by atoms with van der Waals surface area (Å²) in [4.78, 5) is 0. The van der Waals surface area contributed by atoms with Gasteiger partial charge in [0.2, 0.25) is 0 Å². The molecule has 0 spiro atoms. The molecule has 1 unspecified atom stereocenters. The van der Waals surface area contributed by atoms with Crippen molar-refractivity contribution in [2.75, 3.05) is 7.11 Å². The van der Waals surface area contributed by atoms with Gasteiger partial charge in [0, 0.05) is 17.5 Å². The Morgan fingerprint density at radius 1 is 1.35 bits per heavy atom. The Kier molecular flexibility index (Phi) is 3.17. The van der Waals surface area contributed by atoms with E-state index in [0.717, 1.165) is 11.0 Å². The smallest absolute Gasteiger partial charge is 0.134 e. The number of furan rings is 1. The van der Waals surface area contributed by atoms with Crippen LogP contribution in [0.3, 0.4) is 0 Å². The summed E-state index contributed by atoms with van der Waals surface area (Å²) in [6.45, 7) is 3.86. The van der Waals surface area contributed by atoms with Crippen molar-refractivity contribution in [2.24, 2.45) is 5.73 Å². The fraction of sp³-hybridized carbons (Fsp3) is 0.385. The lowest BCUT2D eigenvalue weighted by Gasteiger charge is -2.28. The Bertz CT molecular complexity index is 533. The zero-order chi connectivity index (χ0) is 12.6. The summed E-state index contributed by atoms with van der Waals surface area (Å²) >= 11 is 5.93. The van der Waals surface area contributed by atoms with Gasteiger partial charge < -0.3 is 14.9 Å². The molecular weight excluding hydrogens is 238 g/mol. The van der Waals surface area contributed by atoms with E-state index in [1.54, 1.807) is 13.2 Å². The van der Waals surface area contributed by atoms with Crippen LogP contribution in [0.5, 0.6) is 0 Å². The third-order valence-electron chi connectivity index (χ3n) is 3.08. The Labute approximate surface area is 105 Å². The van der Waals surface area contributed by atoms with E-state index in [1.807, 2.05) is 32.0 Å². The van der Waals surface area contributed by atoms with E-state index in [0.29, 0.717) is 10.8 Å². The standard InChI is InChI=1S/C13H16ClNO2/c1-13(2,16-3)12(15)11-7-8-6-9(14)4-5-10(8)17-11/h4-7,12H,15H2,1-3H3. The molecule has 0 amide bonds. The van der Waals surface area contributed by atoms with Gasteiger partial charge in [-0.2, -0.15) is 0 Å². The number of rotatable bonds is 3. The molecule has 1 heterocycles. The third kappa shape index (κ3) is 2.32. The number of methoxy groups -OCH3 is 1. The summed E-state index contributed by atoms with van der Waals surface area (Å²) in [5.41, 5.74) is 6.44. The number of halogens is 1. The Balaban J connectivity index is 2.43. The summed E-state index contributed by atoms with van der Waals surface area (Å²) in [6, 6.07) is 7.08. The zero-order valence-corrected chi connectivity index (χ0v) is 10.9. The third-order valence-corrected chi connectivity index (χ3v) is 3.31. The number of fused-ring (bicyclic) bond motifs is 1. The predicted octanol–water partition coefficient (Wildman–Crippen LogP) is 3.51. The van der Waals surface area contributed by atoms with Crippen LogP contribution in [-0.2, 0) is 4.74 Å². The highest BCUT2D eigenvalue weighted by molar-refractivity contribution is 6.31. The molecular formula is C13H16ClNO2. The van der Waals surface area contributed by atoms with Crippen LogP contribution in [0.15, 0.2) is 28.7 Å². The molecule has 3 nitrogen and oxygen atoms in total. The minimum absolute atomic E-state index is 0.321. The highest BCUT2D eigenvalue weighted by Crippen LogP contribution is 2.31. The number of hydrogen-bond acceptors (Lipinski definition) is 3. The summed E-state index contributed by atoms with van der Waals surface area (Å²) in [5, 5.41) is 1.64. The van der Waals surface area contributed by atoms with E-state index in [-0.39, 0.29) is 6.04 Å². The summed E-state index contributed by atoms with van der Waals surface area (Å²) in [7, 11) is 1.64. The first-order valence-electron chi connectivity index (χ1n) is 5.44. The highest BCUT2D eigenvalue weighted by atomic mass is 35.5. The van der Waals surface area contributed by atoms with E-state index < -0.39 is 5.60 Å². The van der Waals surface area contributed by atoms with E-state index >= 15 is 0 Å². The molecule has 4 heteroatoms. The van der Waals surface area contributed by atoms with Crippen LogP contribution >= 0.6 is 11.6 Å². The molecule has 0 bridgehead atoms. The van der Waals surface area contributed by atoms with Gasteiger partial charge >= 0.3 is 0 Å². The van der Waals surface area contributed by atoms with Gasteiger partial charge in [-0.15, -0.1) is 0 Å². The molecule has 2 rings (SSSR count). The summed E-state index contributed by atoms with van der Waals surface area (Å²) < 4.78 is 11.1. The second kappa shape index (κ2) is 4.33. The molecule has 1 aromatic heterocycles. The molecule has 1 aromatic carbocycles. The molecule has 0 saturated carbocycles. The molecule has 0 aliphatic rings. The van der Waals surface area contributed by atoms with E-state index in [2.05, 4.69) is 0 Å². The molecule has 2 aromatic rings. The Morgan fingerprint density at radius 2 is 2.06 bits per heavy atom. The van der Waals surface area contributed by atoms with E-state index in [9.17, 15) is 0 Å². The van der Waals surface area contributed by atoms with E-state index in [1.165, 1.54) is 0 Å². The number of ether oxygens (including phenoxy) is 1. The average molecular weight is 254 g/mol. The van der Waals surface area contributed by atoms with Gasteiger partial charge in [-0.25, -0.2) is 0 Å². The topological polar surface area (TPSA) is 48.4 Å². The lowest BCUT2D eigenvalue weighted by molar-refractivity contribution is -0.00493. The van der Waals surface area contributed by atoms with Crippen LogP contribution in [0.2, 0.25) is 5.02 Å². The van der Waals surface area contributed by atoms with Crippen molar-refractivity contribution in [3.63, 3.8) is 0 Å². The van der Waals surface area contributed by atoms with Crippen molar-refractivity contribution in [1.82, 2.24) is 0 Å².